The molecule has 10 heteroatoms. The van der Waals surface area contributed by atoms with E-state index in [0.717, 1.165) is 11.3 Å². The van der Waals surface area contributed by atoms with Crippen LogP contribution in [-0.4, -0.2) is 70.6 Å². The molecule has 32 heavy (non-hydrogen) atoms. The van der Waals surface area contributed by atoms with Gasteiger partial charge in [-0.2, -0.15) is 0 Å². The number of carbonyl (C=O) groups excluding carboxylic acids is 2. The van der Waals surface area contributed by atoms with Gasteiger partial charge < -0.3 is 20.5 Å². The van der Waals surface area contributed by atoms with Crippen molar-refractivity contribution in [1.82, 2.24) is 4.98 Å². The SMILES string of the molecule is O=C(COCC(=O)Nc1ccc(Cl)cc1C(=O)O)Nc1cccc(-c2ccccn2)c1.[Na]. The standard InChI is InChI=1S/C22H18ClN3O5.Na/c23-15-7-8-19(17(11-15)22(29)30)26-21(28)13-31-12-20(27)25-16-5-3-4-14(10-16)18-6-1-2-9-24-18;/h1-11H,12-13H2,(H,25,27)(H,26,28)(H,29,30);. The molecule has 0 aliphatic heterocycles. The number of carboxylic acids is 1. The number of halogens is 1. The Morgan fingerprint density at radius 3 is 2.38 bits per heavy atom. The molecule has 0 spiro atoms. The van der Waals surface area contributed by atoms with Crippen LogP contribution in [0.4, 0.5) is 11.4 Å². The predicted molar refractivity (Wildman–Crippen MR) is 122 cm³/mol. The number of aromatic carboxylic acids is 1. The van der Waals surface area contributed by atoms with E-state index in [1.807, 2.05) is 24.3 Å². The van der Waals surface area contributed by atoms with E-state index >= 15 is 0 Å². The molecule has 159 valence electrons. The van der Waals surface area contributed by atoms with Crippen LogP contribution in [-0.2, 0) is 14.3 Å². The molecular weight excluding hydrogens is 445 g/mol. The van der Waals surface area contributed by atoms with Crippen molar-refractivity contribution in [1.29, 1.82) is 0 Å². The second kappa shape index (κ2) is 12.3. The number of aromatic nitrogens is 1. The summed E-state index contributed by atoms with van der Waals surface area (Å²) < 4.78 is 5.13. The Hall–Kier alpha value is -2.75. The zero-order chi connectivity index (χ0) is 22.2. The summed E-state index contributed by atoms with van der Waals surface area (Å²) in [5, 5.41) is 14.5. The molecule has 2 aromatic carbocycles. The number of carboxylic acid groups (broad SMARTS) is 1. The van der Waals surface area contributed by atoms with Crippen molar-refractivity contribution < 1.29 is 24.2 Å². The fourth-order valence-corrected chi connectivity index (χ4v) is 2.88. The number of carbonyl (C=O) groups is 3. The summed E-state index contributed by atoms with van der Waals surface area (Å²) >= 11 is 5.78. The fraction of sp³-hybridized carbons (Fsp3) is 0.0909. The number of hydrogen-bond donors (Lipinski definition) is 3. The molecule has 3 aromatic rings. The number of anilines is 2. The van der Waals surface area contributed by atoms with Crippen LogP contribution in [0.25, 0.3) is 11.3 Å². The first-order chi connectivity index (χ1) is 14.9. The van der Waals surface area contributed by atoms with Gasteiger partial charge in [0.2, 0.25) is 11.8 Å². The number of amides is 2. The predicted octanol–water partition coefficient (Wildman–Crippen LogP) is 3.31. The first-order valence-electron chi connectivity index (χ1n) is 9.14. The monoisotopic (exact) mass is 462 g/mol. The molecule has 3 rings (SSSR count). The van der Waals surface area contributed by atoms with Crippen LogP contribution in [0.5, 0.6) is 0 Å². The zero-order valence-electron chi connectivity index (χ0n) is 17.2. The van der Waals surface area contributed by atoms with Gasteiger partial charge in [0.25, 0.3) is 0 Å². The normalized spacial score (nSPS) is 10.0. The molecule has 1 heterocycles. The van der Waals surface area contributed by atoms with E-state index in [0.29, 0.717) is 5.69 Å². The number of hydrogen-bond acceptors (Lipinski definition) is 5. The third kappa shape index (κ3) is 7.44. The fourth-order valence-electron chi connectivity index (χ4n) is 2.71. The molecule has 0 fully saturated rings. The molecular formula is C22H18ClN3NaO5. The van der Waals surface area contributed by atoms with E-state index in [9.17, 15) is 19.5 Å². The van der Waals surface area contributed by atoms with Gasteiger partial charge in [-0.15, -0.1) is 0 Å². The number of rotatable bonds is 8. The first kappa shape index (κ1) is 25.5. The Morgan fingerprint density at radius 2 is 1.69 bits per heavy atom. The van der Waals surface area contributed by atoms with E-state index in [4.69, 9.17) is 16.3 Å². The van der Waals surface area contributed by atoms with E-state index in [2.05, 4.69) is 15.6 Å². The van der Waals surface area contributed by atoms with Crippen molar-refractivity contribution in [2.75, 3.05) is 23.8 Å². The molecule has 1 radical (unpaired) electrons. The van der Waals surface area contributed by atoms with Crippen LogP contribution >= 0.6 is 11.6 Å². The number of nitrogens with zero attached hydrogens (tertiary/aromatic N) is 1. The smallest absolute Gasteiger partial charge is 0.337 e. The van der Waals surface area contributed by atoms with Crippen LogP contribution in [0.3, 0.4) is 0 Å². The van der Waals surface area contributed by atoms with Crippen molar-refractivity contribution in [2.24, 2.45) is 0 Å². The van der Waals surface area contributed by atoms with Gasteiger partial charge in [0, 0.05) is 52.0 Å². The van der Waals surface area contributed by atoms with E-state index in [1.54, 1.807) is 24.4 Å². The third-order valence-corrected chi connectivity index (χ3v) is 4.29. The van der Waals surface area contributed by atoms with Gasteiger partial charge in [-0.05, 0) is 42.5 Å². The summed E-state index contributed by atoms with van der Waals surface area (Å²) in [6.07, 6.45) is 1.68. The molecule has 0 saturated carbocycles. The van der Waals surface area contributed by atoms with Crippen LogP contribution < -0.4 is 10.6 Å². The zero-order valence-corrected chi connectivity index (χ0v) is 19.9. The average molecular weight is 463 g/mol. The molecule has 0 atom stereocenters. The van der Waals surface area contributed by atoms with Crippen molar-refractivity contribution in [3.63, 3.8) is 0 Å². The Kier molecular flexibility index (Phi) is 9.83. The molecule has 8 nitrogen and oxygen atoms in total. The molecule has 0 saturated heterocycles. The first-order valence-corrected chi connectivity index (χ1v) is 9.52. The van der Waals surface area contributed by atoms with Gasteiger partial charge in [-0.1, -0.05) is 29.8 Å². The summed E-state index contributed by atoms with van der Waals surface area (Å²) in [4.78, 5) is 39.6. The van der Waals surface area contributed by atoms with Crippen LogP contribution in [0.1, 0.15) is 10.4 Å². The van der Waals surface area contributed by atoms with Gasteiger partial charge in [-0.25, -0.2) is 4.79 Å². The van der Waals surface area contributed by atoms with E-state index in [1.165, 1.54) is 18.2 Å². The molecule has 0 bridgehead atoms. The Labute approximate surface area is 211 Å². The van der Waals surface area contributed by atoms with Gasteiger partial charge >= 0.3 is 5.97 Å². The average Bonchev–Trinajstić information content (AvgIpc) is 2.75. The molecule has 0 aliphatic rings. The van der Waals surface area contributed by atoms with Gasteiger partial charge in [0.1, 0.15) is 13.2 Å². The summed E-state index contributed by atoms with van der Waals surface area (Å²) in [6.45, 7) is -0.781. The summed E-state index contributed by atoms with van der Waals surface area (Å²) in [5.74, 6) is -2.27. The van der Waals surface area contributed by atoms with Crippen LogP contribution in [0.15, 0.2) is 66.9 Å². The Morgan fingerprint density at radius 1 is 0.938 bits per heavy atom. The third-order valence-electron chi connectivity index (χ3n) is 4.06. The summed E-state index contributed by atoms with van der Waals surface area (Å²) in [7, 11) is 0. The minimum Gasteiger partial charge on any atom is -0.478 e. The minimum absolute atomic E-state index is 0. The largest absolute Gasteiger partial charge is 0.478 e. The molecule has 3 N–H and O–H groups in total. The maximum Gasteiger partial charge on any atom is 0.337 e. The van der Waals surface area contributed by atoms with E-state index in [-0.39, 0.29) is 52.4 Å². The second-order valence-corrected chi connectivity index (χ2v) is 6.82. The van der Waals surface area contributed by atoms with Gasteiger partial charge in [-0.3, -0.25) is 14.6 Å². The summed E-state index contributed by atoms with van der Waals surface area (Å²) in [6, 6.07) is 16.8. The van der Waals surface area contributed by atoms with Crippen molar-refractivity contribution in [3.05, 3.63) is 77.4 Å². The topological polar surface area (TPSA) is 118 Å². The maximum atomic E-state index is 12.1. The summed E-state index contributed by atoms with van der Waals surface area (Å²) in [5.41, 5.74) is 2.12. The van der Waals surface area contributed by atoms with Crippen molar-refractivity contribution in [2.45, 2.75) is 0 Å². The Balaban J connectivity index is 0.00000363. The Bertz CT molecular complexity index is 1110. The quantitative estimate of drug-likeness (QED) is 0.442. The molecule has 0 aliphatic carbocycles. The molecule has 1 aromatic heterocycles. The van der Waals surface area contributed by atoms with Crippen molar-refractivity contribution >= 4 is 70.3 Å². The van der Waals surface area contributed by atoms with E-state index < -0.39 is 24.4 Å². The minimum atomic E-state index is -1.23. The van der Waals surface area contributed by atoms with Crippen molar-refractivity contribution in [3.8, 4) is 11.3 Å². The second-order valence-electron chi connectivity index (χ2n) is 6.38. The molecule has 2 amide bonds. The maximum absolute atomic E-state index is 12.1. The van der Waals surface area contributed by atoms with Gasteiger partial charge in [0.05, 0.1) is 16.9 Å². The number of nitrogens with one attached hydrogen (secondary N) is 2. The van der Waals surface area contributed by atoms with Crippen LogP contribution in [0.2, 0.25) is 5.02 Å². The number of pyridine rings is 1. The van der Waals surface area contributed by atoms with Crippen LogP contribution in [0, 0.1) is 0 Å². The van der Waals surface area contributed by atoms with Gasteiger partial charge in [0.15, 0.2) is 0 Å². The number of benzene rings is 2. The number of ether oxygens (including phenoxy) is 1. The molecule has 0 unspecified atom stereocenters.